The van der Waals surface area contributed by atoms with Crippen LogP contribution in [-0.4, -0.2) is 16.2 Å². The van der Waals surface area contributed by atoms with Gasteiger partial charge in [0.25, 0.3) is 0 Å². The van der Waals surface area contributed by atoms with E-state index in [1.165, 1.54) is 0 Å². The molecular formula is C12H13N2O. The number of benzene rings is 1. The van der Waals surface area contributed by atoms with Crippen LogP contribution in [-0.2, 0) is 0 Å². The molecule has 0 aliphatic heterocycles. The molecule has 0 bridgehead atoms. The standard InChI is InChI=1S/C12H13N2O/c1-2-9-15-12-6-4-3-5-11(12)14-8-7-13-10-14/h3-8H,2,9H2,1H3. The number of aromatic nitrogens is 2. The van der Waals surface area contributed by atoms with E-state index in [1.807, 2.05) is 35.0 Å². The van der Waals surface area contributed by atoms with Gasteiger partial charge in [0.2, 0.25) is 0 Å². The number of hydrogen-bond acceptors (Lipinski definition) is 2. The van der Waals surface area contributed by atoms with Crippen molar-refractivity contribution in [1.29, 1.82) is 0 Å². The van der Waals surface area contributed by atoms with E-state index in [-0.39, 0.29) is 0 Å². The van der Waals surface area contributed by atoms with Gasteiger partial charge < -0.3 is 4.74 Å². The molecule has 0 aliphatic carbocycles. The second kappa shape index (κ2) is 4.64. The second-order valence-corrected chi connectivity index (χ2v) is 3.21. The molecule has 0 fully saturated rings. The average Bonchev–Trinajstić information content (AvgIpc) is 2.80. The first-order valence-corrected chi connectivity index (χ1v) is 5.05. The second-order valence-electron chi connectivity index (χ2n) is 3.21. The van der Waals surface area contributed by atoms with Crippen LogP contribution < -0.4 is 4.74 Å². The predicted molar refractivity (Wildman–Crippen MR) is 58.2 cm³/mol. The summed E-state index contributed by atoms with van der Waals surface area (Å²) in [5.41, 5.74) is 0.975. The zero-order valence-electron chi connectivity index (χ0n) is 8.68. The van der Waals surface area contributed by atoms with Crippen molar-refractivity contribution in [1.82, 2.24) is 9.55 Å². The zero-order chi connectivity index (χ0) is 10.5. The third-order valence-electron chi connectivity index (χ3n) is 2.04. The Balaban J connectivity index is 2.30. The van der Waals surface area contributed by atoms with Gasteiger partial charge >= 0.3 is 0 Å². The minimum atomic E-state index is 0.728. The number of hydrogen-bond donors (Lipinski definition) is 0. The third kappa shape index (κ3) is 2.18. The number of ether oxygens (including phenoxy) is 1. The SMILES string of the molecule is CCCOc1ccccc1-n1[c]ncc1. The molecule has 1 heterocycles. The minimum absolute atomic E-state index is 0.728. The fourth-order valence-electron chi connectivity index (χ4n) is 1.35. The molecular weight excluding hydrogens is 188 g/mol. The highest BCUT2D eigenvalue weighted by molar-refractivity contribution is 5.46. The van der Waals surface area contributed by atoms with Gasteiger partial charge in [-0.25, -0.2) is 4.98 Å². The van der Waals surface area contributed by atoms with Crippen molar-refractivity contribution in [3.8, 4) is 11.4 Å². The molecule has 15 heavy (non-hydrogen) atoms. The molecule has 0 amide bonds. The maximum Gasteiger partial charge on any atom is 0.181 e. The van der Waals surface area contributed by atoms with Gasteiger partial charge in [-0.2, -0.15) is 0 Å². The van der Waals surface area contributed by atoms with Crippen LogP contribution in [0.2, 0.25) is 0 Å². The fraction of sp³-hybridized carbons (Fsp3) is 0.250. The molecule has 0 spiro atoms. The van der Waals surface area contributed by atoms with Crippen LogP contribution in [0.15, 0.2) is 36.7 Å². The van der Waals surface area contributed by atoms with Gasteiger partial charge in [-0.3, -0.25) is 4.57 Å². The Bertz CT molecular complexity index is 409. The summed E-state index contributed by atoms with van der Waals surface area (Å²) in [5, 5.41) is 0. The molecule has 3 nitrogen and oxygen atoms in total. The minimum Gasteiger partial charge on any atom is -0.491 e. The first-order chi connectivity index (χ1) is 7.42. The van der Waals surface area contributed by atoms with Crippen LogP contribution in [0, 0.1) is 6.33 Å². The molecule has 1 aromatic carbocycles. The molecule has 77 valence electrons. The summed E-state index contributed by atoms with van der Waals surface area (Å²) >= 11 is 0. The lowest BCUT2D eigenvalue weighted by Crippen LogP contribution is -2.00. The number of para-hydroxylation sites is 2. The summed E-state index contributed by atoms with van der Waals surface area (Å²) in [7, 11) is 0. The number of nitrogens with zero attached hydrogens (tertiary/aromatic N) is 2. The number of imidazole rings is 1. The highest BCUT2D eigenvalue weighted by atomic mass is 16.5. The molecule has 0 atom stereocenters. The van der Waals surface area contributed by atoms with Crippen molar-refractivity contribution in [2.24, 2.45) is 0 Å². The molecule has 0 unspecified atom stereocenters. The van der Waals surface area contributed by atoms with Crippen LogP contribution in [0.4, 0.5) is 0 Å². The molecule has 2 aromatic rings. The van der Waals surface area contributed by atoms with E-state index in [0.29, 0.717) is 0 Å². The van der Waals surface area contributed by atoms with E-state index in [0.717, 1.165) is 24.5 Å². The topological polar surface area (TPSA) is 27.1 Å². The van der Waals surface area contributed by atoms with Crippen molar-refractivity contribution in [2.45, 2.75) is 13.3 Å². The lowest BCUT2D eigenvalue weighted by molar-refractivity contribution is 0.316. The summed E-state index contributed by atoms with van der Waals surface area (Å²) in [6.07, 6.45) is 7.42. The highest BCUT2D eigenvalue weighted by Gasteiger charge is 2.03. The lowest BCUT2D eigenvalue weighted by atomic mass is 10.3. The number of rotatable bonds is 4. The van der Waals surface area contributed by atoms with Gasteiger partial charge in [-0.05, 0) is 18.6 Å². The highest BCUT2D eigenvalue weighted by Crippen LogP contribution is 2.21. The maximum atomic E-state index is 5.64. The van der Waals surface area contributed by atoms with Crippen molar-refractivity contribution >= 4 is 0 Å². The van der Waals surface area contributed by atoms with E-state index < -0.39 is 0 Å². The van der Waals surface area contributed by atoms with Crippen LogP contribution in [0.25, 0.3) is 5.69 Å². The Morgan fingerprint density at radius 2 is 2.27 bits per heavy atom. The Labute approximate surface area is 89.3 Å². The van der Waals surface area contributed by atoms with E-state index in [9.17, 15) is 0 Å². The molecule has 0 saturated carbocycles. The molecule has 0 aliphatic rings. The van der Waals surface area contributed by atoms with E-state index in [1.54, 1.807) is 6.20 Å². The van der Waals surface area contributed by atoms with Gasteiger partial charge in [0.05, 0.1) is 12.3 Å². The first kappa shape index (κ1) is 9.77. The summed E-state index contributed by atoms with van der Waals surface area (Å²) in [5.74, 6) is 0.869. The van der Waals surface area contributed by atoms with E-state index in [2.05, 4.69) is 18.2 Å². The molecule has 2 rings (SSSR count). The van der Waals surface area contributed by atoms with Crippen molar-refractivity contribution in [3.63, 3.8) is 0 Å². The van der Waals surface area contributed by atoms with Gasteiger partial charge in [0.1, 0.15) is 5.75 Å². The van der Waals surface area contributed by atoms with Gasteiger partial charge in [-0.15, -0.1) is 0 Å². The Morgan fingerprint density at radius 3 is 3.00 bits per heavy atom. The van der Waals surface area contributed by atoms with Gasteiger partial charge in [0, 0.05) is 12.4 Å². The van der Waals surface area contributed by atoms with E-state index in [4.69, 9.17) is 4.74 Å². The van der Waals surface area contributed by atoms with Crippen LogP contribution >= 0.6 is 0 Å². The lowest BCUT2D eigenvalue weighted by Gasteiger charge is -2.10. The molecule has 0 saturated heterocycles. The Morgan fingerprint density at radius 1 is 1.40 bits per heavy atom. The summed E-state index contributed by atoms with van der Waals surface area (Å²) in [4.78, 5) is 3.90. The summed E-state index contributed by atoms with van der Waals surface area (Å²) in [6.45, 7) is 2.82. The first-order valence-electron chi connectivity index (χ1n) is 5.05. The van der Waals surface area contributed by atoms with Gasteiger partial charge in [-0.1, -0.05) is 19.1 Å². The fourth-order valence-corrected chi connectivity index (χ4v) is 1.35. The molecule has 3 heteroatoms. The van der Waals surface area contributed by atoms with Gasteiger partial charge in [0.15, 0.2) is 6.33 Å². The summed E-state index contributed by atoms with van der Waals surface area (Å²) < 4.78 is 7.47. The molecule has 1 aromatic heterocycles. The Kier molecular flexibility index (Phi) is 3.02. The van der Waals surface area contributed by atoms with Crippen molar-refractivity contribution < 1.29 is 4.74 Å². The summed E-state index contributed by atoms with van der Waals surface area (Å²) in [6, 6.07) is 7.88. The predicted octanol–water partition coefficient (Wildman–Crippen LogP) is 2.46. The monoisotopic (exact) mass is 201 g/mol. The quantitative estimate of drug-likeness (QED) is 0.759. The van der Waals surface area contributed by atoms with Crippen molar-refractivity contribution in [3.05, 3.63) is 43.0 Å². The smallest absolute Gasteiger partial charge is 0.181 e. The average molecular weight is 201 g/mol. The third-order valence-corrected chi connectivity index (χ3v) is 2.04. The maximum absolute atomic E-state index is 5.64. The Hall–Kier alpha value is -1.77. The normalized spacial score (nSPS) is 10.2. The van der Waals surface area contributed by atoms with Crippen molar-refractivity contribution in [2.75, 3.05) is 6.61 Å². The molecule has 1 radical (unpaired) electrons. The van der Waals surface area contributed by atoms with E-state index >= 15 is 0 Å². The van der Waals surface area contributed by atoms with Crippen LogP contribution in [0.3, 0.4) is 0 Å². The molecule has 0 N–H and O–H groups in total. The van der Waals surface area contributed by atoms with Crippen LogP contribution in [0.1, 0.15) is 13.3 Å². The largest absolute Gasteiger partial charge is 0.491 e. The van der Waals surface area contributed by atoms with Crippen LogP contribution in [0.5, 0.6) is 5.75 Å². The zero-order valence-corrected chi connectivity index (χ0v) is 8.68.